The van der Waals surface area contributed by atoms with Crippen LogP contribution in [0.4, 0.5) is 4.39 Å². The Morgan fingerprint density at radius 2 is 1.88 bits per heavy atom. The van der Waals surface area contributed by atoms with E-state index in [2.05, 4.69) is 10.2 Å². The number of nitrogens with one attached hydrogen (secondary N) is 1. The molecule has 3 aliphatic heterocycles. The van der Waals surface area contributed by atoms with Gasteiger partial charge >= 0.3 is 0 Å². The molecule has 0 bridgehead atoms. The Morgan fingerprint density at radius 1 is 1.12 bits per heavy atom. The molecule has 0 aromatic heterocycles. The minimum atomic E-state index is -0.201. The first kappa shape index (κ1) is 17.9. The quantitative estimate of drug-likeness (QED) is 0.901. The molecule has 142 valence electrons. The lowest BCUT2D eigenvalue weighted by Crippen LogP contribution is -2.55. The number of benzene rings is 1. The fourth-order valence-electron chi connectivity index (χ4n) is 5.10. The monoisotopic (exact) mass is 360 g/mol. The van der Waals surface area contributed by atoms with E-state index in [4.69, 9.17) is 4.74 Å². The molecule has 5 heteroatoms. The number of hydrogen-bond acceptors (Lipinski definition) is 3. The average Bonchev–Trinajstić information content (AvgIpc) is 2.66. The lowest BCUT2D eigenvalue weighted by atomic mass is 9.70. The van der Waals surface area contributed by atoms with Crippen molar-refractivity contribution in [3.63, 3.8) is 0 Å². The smallest absolute Gasteiger partial charge is 0.222 e. The number of likely N-dealkylation sites (tertiary alicyclic amines) is 1. The molecule has 3 aliphatic rings. The van der Waals surface area contributed by atoms with E-state index in [1.54, 1.807) is 12.1 Å². The number of nitrogens with zero attached hydrogens (tertiary/aromatic N) is 1. The van der Waals surface area contributed by atoms with Gasteiger partial charge in [-0.05, 0) is 68.3 Å². The van der Waals surface area contributed by atoms with E-state index in [0.717, 1.165) is 57.3 Å². The van der Waals surface area contributed by atoms with Crippen LogP contribution in [0.1, 0.15) is 44.1 Å². The summed E-state index contributed by atoms with van der Waals surface area (Å²) in [5.41, 5.74) is 1.09. The predicted molar refractivity (Wildman–Crippen MR) is 98.5 cm³/mol. The van der Waals surface area contributed by atoms with Crippen molar-refractivity contribution in [3.05, 3.63) is 35.6 Å². The summed E-state index contributed by atoms with van der Waals surface area (Å²) in [6, 6.07) is 6.95. The second-order valence-electron chi connectivity index (χ2n) is 8.40. The normalized spacial score (nSPS) is 25.4. The van der Waals surface area contributed by atoms with Crippen LogP contribution in [0.15, 0.2) is 24.3 Å². The van der Waals surface area contributed by atoms with E-state index in [0.29, 0.717) is 26.2 Å². The number of hydrogen-bond donors (Lipinski definition) is 1. The Kier molecular flexibility index (Phi) is 5.02. The second-order valence-corrected chi connectivity index (χ2v) is 8.40. The van der Waals surface area contributed by atoms with Gasteiger partial charge in [-0.25, -0.2) is 4.39 Å². The first-order chi connectivity index (χ1) is 12.6. The van der Waals surface area contributed by atoms with E-state index in [1.165, 1.54) is 6.07 Å². The van der Waals surface area contributed by atoms with Crippen LogP contribution in [0.3, 0.4) is 0 Å². The van der Waals surface area contributed by atoms with Crippen molar-refractivity contribution in [2.45, 2.75) is 43.9 Å². The van der Waals surface area contributed by atoms with Crippen molar-refractivity contribution in [1.29, 1.82) is 0 Å². The third-order valence-electron chi connectivity index (χ3n) is 6.79. The van der Waals surface area contributed by atoms with Crippen LogP contribution >= 0.6 is 0 Å². The van der Waals surface area contributed by atoms with Crippen LogP contribution in [-0.2, 0) is 14.9 Å². The molecule has 0 unspecified atom stereocenters. The lowest BCUT2D eigenvalue weighted by molar-refractivity contribution is -0.140. The van der Waals surface area contributed by atoms with Crippen LogP contribution in [0.25, 0.3) is 0 Å². The van der Waals surface area contributed by atoms with Crippen molar-refractivity contribution in [1.82, 2.24) is 10.2 Å². The van der Waals surface area contributed by atoms with Crippen LogP contribution < -0.4 is 5.32 Å². The number of ether oxygens (including phenoxy) is 1. The average molecular weight is 360 g/mol. The van der Waals surface area contributed by atoms with Crippen molar-refractivity contribution in [2.24, 2.45) is 5.41 Å². The number of rotatable bonds is 3. The Labute approximate surface area is 155 Å². The summed E-state index contributed by atoms with van der Waals surface area (Å²) in [7, 11) is 0. The molecule has 1 N–H and O–H groups in total. The topological polar surface area (TPSA) is 41.6 Å². The summed E-state index contributed by atoms with van der Waals surface area (Å²) in [5, 5.41) is 3.44. The molecule has 3 heterocycles. The Morgan fingerprint density at radius 3 is 2.62 bits per heavy atom. The number of carbonyl (C=O) groups is 1. The van der Waals surface area contributed by atoms with Gasteiger partial charge in [0.1, 0.15) is 5.82 Å². The van der Waals surface area contributed by atoms with Gasteiger partial charge in [-0.15, -0.1) is 0 Å². The van der Waals surface area contributed by atoms with Crippen LogP contribution in [0, 0.1) is 11.2 Å². The number of carbonyl (C=O) groups excluding carboxylic acids is 1. The molecule has 1 spiro atoms. The van der Waals surface area contributed by atoms with Gasteiger partial charge in [0.2, 0.25) is 5.91 Å². The molecule has 1 amide bonds. The molecule has 26 heavy (non-hydrogen) atoms. The molecule has 1 aromatic carbocycles. The summed E-state index contributed by atoms with van der Waals surface area (Å²) in [4.78, 5) is 14.8. The van der Waals surface area contributed by atoms with Gasteiger partial charge in [0.05, 0.1) is 0 Å². The molecular formula is C21H29FN2O2. The minimum absolute atomic E-state index is 0.193. The molecule has 0 aliphatic carbocycles. The van der Waals surface area contributed by atoms with E-state index >= 15 is 0 Å². The molecule has 0 radical (unpaired) electrons. The Bertz CT molecular complexity index is 651. The van der Waals surface area contributed by atoms with E-state index in [1.807, 2.05) is 6.07 Å². The van der Waals surface area contributed by atoms with Crippen molar-refractivity contribution in [3.8, 4) is 0 Å². The molecule has 4 nitrogen and oxygen atoms in total. The third-order valence-corrected chi connectivity index (χ3v) is 6.79. The van der Waals surface area contributed by atoms with Gasteiger partial charge in [-0.3, -0.25) is 4.79 Å². The van der Waals surface area contributed by atoms with E-state index < -0.39 is 0 Å². The molecule has 1 aromatic rings. The van der Waals surface area contributed by atoms with Gasteiger partial charge in [0.15, 0.2) is 0 Å². The molecule has 3 fully saturated rings. The maximum absolute atomic E-state index is 13.9. The third kappa shape index (κ3) is 3.52. The van der Waals surface area contributed by atoms with Crippen molar-refractivity contribution < 1.29 is 13.9 Å². The fourth-order valence-corrected chi connectivity index (χ4v) is 5.10. The van der Waals surface area contributed by atoms with E-state index in [9.17, 15) is 9.18 Å². The highest BCUT2D eigenvalue weighted by molar-refractivity contribution is 5.77. The number of amides is 1. The first-order valence-electron chi connectivity index (χ1n) is 9.93. The number of halogens is 1. The summed E-state index contributed by atoms with van der Waals surface area (Å²) >= 11 is 0. The van der Waals surface area contributed by atoms with Crippen LogP contribution in [0.5, 0.6) is 0 Å². The first-order valence-corrected chi connectivity index (χ1v) is 9.93. The Hall–Kier alpha value is -1.46. The zero-order chi connectivity index (χ0) is 18.0. The van der Waals surface area contributed by atoms with Gasteiger partial charge in [-0.2, -0.15) is 0 Å². The highest BCUT2D eigenvalue weighted by Crippen LogP contribution is 2.42. The van der Waals surface area contributed by atoms with Crippen LogP contribution in [0.2, 0.25) is 0 Å². The molecule has 0 atom stereocenters. The summed E-state index contributed by atoms with van der Waals surface area (Å²) in [6.07, 6.45) is 5.64. The maximum atomic E-state index is 13.9. The van der Waals surface area contributed by atoms with Gasteiger partial charge in [0.25, 0.3) is 0 Å². The largest absolute Gasteiger partial charge is 0.381 e. The number of piperidine rings is 2. The zero-order valence-corrected chi connectivity index (χ0v) is 15.4. The summed E-state index contributed by atoms with van der Waals surface area (Å²) < 4.78 is 19.5. The summed E-state index contributed by atoms with van der Waals surface area (Å²) in [6.45, 7) is 4.98. The second kappa shape index (κ2) is 7.28. The minimum Gasteiger partial charge on any atom is -0.381 e. The molecular weight excluding hydrogens is 331 g/mol. The predicted octanol–water partition coefficient (Wildman–Crippen LogP) is 2.87. The fraction of sp³-hybridized carbons (Fsp3) is 0.667. The summed E-state index contributed by atoms with van der Waals surface area (Å²) in [5.74, 6) is 0.0598. The standard InChI is InChI=1S/C21H29FN2O2/c22-18-3-1-2-17(14-18)21(8-12-26-13-9-21)16-24-15-20(5-4-19(24)25)6-10-23-11-7-20/h1-3,14,23H,4-13,15-16H2. The maximum Gasteiger partial charge on any atom is 0.222 e. The molecule has 0 saturated carbocycles. The van der Waals surface area contributed by atoms with Gasteiger partial charge in [0, 0.05) is 38.1 Å². The SMILES string of the molecule is O=C1CCC2(CCNCC2)CN1CC1(c2cccc(F)c2)CCOCC1. The van der Waals surface area contributed by atoms with Crippen molar-refractivity contribution in [2.75, 3.05) is 39.4 Å². The highest BCUT2D eigenvalue weighted by Gasteiger charge is 2.43. The van der Waals surface area contributed by atoms with Gasteiger partial charge < -0.3 is 15.0 Å². The van der Waals surface area contributed by atoms with Gasteiger partial charge in [-0.1, -0.05) is 12.1 Å². The van der Waals surface area contributed by atoms with Crippen LogP contribution in [-0.4, -0.2) is 50.2 Å². The lowest BCUT2D eigenvalue weighted by Gasteiger charge is -2.49. The highest BCUT2D eigenvalue weighted by atomic mass is 19.1. The zero-order valence-electron chi connectivity index (χ0n) is 15.4. The Balaban J connectivity index is 1.59. The molecule has 4 rings (SSSR count). The van der Waals surface area contributed by atoms with Crippen molar-refractivity contribution >= 4 is 5.91 Å². The van der Waals surface area contributed by atoms with E-state index in [-0.39, 0.29) is 22.6 Å². The molecule has 3 saturated heterocycles.